The number of hydrogen-bond donors (Lipinski definition) is 1. The molecule has 4 heteroatoms. The van der Waals surface area contributed by atoms with Gasteiger partial charge in [0.1, 0.15) is 12.2 Å². The molecular formula is C8H14N4. The highest BCUT2D eigenvalue weighted by Crippen LogP contribution is 2.20. The summed E-state index contributed by atoms with van der Waals surface area (Å²) in [5.41, 5.74) is 0. The van der Waals surface area contributed by atoms with Crippen LogP contribution in [0.3, 0.4) is 0 Å². The van der Waals surface area contributed by atoms with Gasteiger partial charge in [-0.1, -0.05) is 0 Å². The maximum Gasteiger partial charge on any atom is 0.143 e. The van der Waals surface area contributed by atoms with E-state index in [-0.39, 0.29) is 0 Å². The smallest absolute Gasteiger partial charge is 0.143 e. The van der Waals surface area contributed by atoms with Crippen molar-refractivity contribution in [2.45, 2.75) is 32.4 Å². The van der Waals surface area contributed by atoms with Crippen molar-refractivity contribution in [2.75, 3.05) is 6.54 Å². The molecule has 1 N–H and O–H groups in total. The molecular weight excluding hydrogens is 152 g/mol. The van der Waals surface area contributed by atoms with Gasteiger partial charge >= 0.3 is 0 Å². The Labute approximate surface area is 72.0 Å². The van der Waals surface area contributed by atoms with Crippen molar-refractivity contribution in [3.05, 3.63) is 12.2 Å². The lowest BCUT2D eigenvalue weighted by Gasteiger charge is -2.09. The highest BCUT2D eigenvalue weighted by Gasteiger charge is 2.20. The van der Waals surface area contributed by atoms with Crippen molar-refractivity contribution in [1.82, 2.24) is 20.1 Å². The first-order chi connectivity index (χ1) is 5.92. The zero-order valence-corrected chi connectivity index (χ0v) is 7.32. The van der Waals surface area contributed by atoms with Gasteiger partial charge in [-0.05, 0) is 26.3 Å². The Morgan fingerprint density at radius 2 is 2.67 bits per heavy atom. The minimum atomic E-state index is 0.437. The van der Waals surface area contributed by atoms with Gasteiger partial charge in [0.05, 0.1) is 6.04 Å². The zero-order valence-electron chi connectivity index (χ0n) is 7.32. The fourth-order valence-corrected chi connectivity index (χ4v) is 1.69. The average molecular weight is 166 g/mol. The number of aromatic nitrogens is 3. The molecule has 0 spiro atoms. The maximum atomic E-state index is 4.26. The first-order valence-corrected chi connectivity index (χ1v) is 4.53. The second-order valence-electron chi connectivity index (χ2n) is 3.08. The van der Waals surface area contributed by atoms with Gasteiger partial charge in [0.25, 0.3) is 0 Å². The van der Waals surface area contributed by atoms with Gasteiger partial charge in [0.15, 0.2) is 0 Å². The van der Waals surface area contributed by atoms with Gasteiger partial charge in [-0.3, -0.25) is 0 Å². The summed E-state index contributed by atoms with van der Waals surface area (Å²) >= 11 is 0. The largest absolute Gasteiger partial charge is 0.307 e. The number of rotatable bonds is 2. The molecule has 0 radical (unpaired) electrons. The number of hydrogen-bond acceptors (Lipinski definition) is 3. The molecule has 0 saturated carbocycles. The molecule has 1 aromatic rings. The van der Waals surface area contributed by atoms with Crippen LogP contribution < -0.4 is 5.32 Å². The summed E-state index contributed by atoms with van der Waals surface area (Å²) in [6.07, 6.45) is 4.08. The predicted octanol–water partition coefficient (Wildman–Crippen LogP) is 0.722. The first kappa shape index (κ1) is 7.73. The van der Waals surface area contributed by atoms with Crippen LogP contribution in [0.4, 0.5) is 0 Å². The van der Waals surface area contributed by atoms with E-state index < -0.39 is 0 Å². The number of nitrogens with one attached hydrogen (secondary N) is 1. The van der Waals surface area contributed by atoms with Gasteiger partial charge in [-0.15, -0.1) is 0 Å². The Morgan fingerprint density at radius 3 is 3.33 bits per heavy atom. The van der Waals surface area contributed by atoms with Crippen LogP contribution in [-0.2, 0) is 6.54 Å². The van der Waals surface area contributed by atoms with Crippen LogP contribution in [0.1, 0.15) is 31.6 Å². The van der Waals surface area contributed by atoms with E-state index in [1.54, 1.807) is 6.33 Å². The van der Waals surface area contributed by atoms with E-state index in [0.29, 0.717) is 6.04 Å². The van der Waals surface area contributed by atoms with Crippen LogP contribution in [0.5, 0.6) is 0 Å². The van der Waals surface area contributed by atoms with Crippen molar-refractivity contribution >= 4 is 0 Å². The predicted molar refractivity (Wildman–Crippen MR) is 45.7 cm³/mol. The monoisotopic (exact) mass is 166 g/mol. The summed E-state index contributed by atoms with van der Waals surface area (Å²) in [5, 5.41) is 7.56. The molecule has 66 valence electrons. The molecule has 0 amide bonds. The molecule has 12 heavy (non-hydrogen) atoms. The molecule has 1 saturated heterocycles. The van der Waals surface area contributed by atoms with Crippen molar-refractivity contribution in [3.8, 4) is 0 Å². The lowest BCUT2D eigenvalue weighted by Crippen LogP contribution is -2.18. The Morgan fingerprint density at radius 1 is 1.75 bits per heavy atom. The van der Waals surface area contributed by atoms with Crippen molar-refractivity contribution in [2.24, 2.45) is 0 Å². The minimum Gasteiger partial charge on any atom is -0.307 e. The van der Waals surface area contributed by atoms with Gasteiger partial charge in [0, 0.05) is 6.54 Å². The lowest BCUT2D eigenvalue weighted by molar-refractivity contribution is 0.528. The van der Waals surface area contributed by atoms with Gasteiger partial charge in [-0.2, -0.15) is 5.10 Å². The topological polar surface area (TPSA) is 42.7 Å². The lowest BCUT2D eigenvalue weighted by atomic mass is 10.2. The third-order valence-electron chi connectivity index (χ3n) is 2.32. The first-order valence-electron chi connectivity index (χ1n) is 4.53. The molecule has 1 atom stereocenters. The minimum absolute atomic E-state index is 0.437. The molecule has 0 aliphatic carbocycles. The maximum absolute atomic E-state index is 4.26. The Bertz CT molecular complexity index is 249. The molecule has 0 unspecified atom stereocenters. The molecule has 2 heterocycles. The van der Waals surface area contributed by atoms with E-state index in [2.05, 4.69) is 22.3 Å². The summed E-state index contributed by atoms with van der Waals surface area (Å²) in [7, 11) is 0. The van der Waals surface area contributed by atoms with Crippen LogP contribution in [0, 0.1) is 0 Å². The summed E-state index contributed by atoms with van der Waals surface area (Å²) < 4.78 is 1.96. The molecule has 0 aromatic carbocycles. The van der Waals surface area contributed by atoms with E-state index in [0.717, 1.165) is 18.9 Å². The van der Waals surface area contributed by atoms with Crippen molar-refractivity contribution < 1.29 is 0 Å². The van der Waals surface area contributed by atoms with Gasteiger partial charge < -0.3 is 5.32 Å². The van der Waals surface area contributed by atoms with Crippen molar-refractivity contribution in [1.29, 1.82) is 0 Å². The van der Waals surface area contributed by atoms with E-state index >= 15 is 0 Å². The molecule has 1 aromatic heterocycles. The third kappa shape index (κ3) is 1.22. The average Bonchev–Trinajstić information content (AvgIpc) is 2.74. The highest BCUT2D eigenvalue weighted by atomic mass is 15.3. The van der Waals surface area contributed by atoms with Gasteiger partial charge in [-0.25, -0.2) is 9.67 Å². The molecule has 1 aliphatic heterocycles. The fraction of sp³-hybridized carbons (Fsp3) is 0.750. The van der Waals surface area contributed by atoms with E-state index in [1.165, 1.54) is 12.8 Å². The third-order valence-corrected chi connectivity index (χ3v) is 2.32. The molecule has 2 rings (SSSR count). The van der Waals surface area contributed by atoms with Crippen LogP contribution in [0.25, 0.3) is 0 Å². The number of aryl methyl sites for hydroxylation is 1. The molecule has 1 aliphatic rings. The summed E-state index contributed by atoms with van der Waals surface area (Å²) in [4.78, 5) is 4.26. The van der Waals surface area contributed by atoms with E-state index in [9.17, 15) is 0 Å². The van der Waals surface area contributed by atoms with Crippen LogP contribution in [0.2, 0.25) is 0 Å². The van der Waals surface area contributed by atoms with Crippen molar-refractivity contribution in [3.63, 3.8) is 0 Å². The van der Waals surface area contributed by atoms with Gasteiger partial charge in [0.2, 0.25) is 0 Å². The number of nitrogens with zero attached hydrogens (tertiary/aromatic N) is 3. The quantitative estimate of drug-likeness (QED) is 0.704. The standard InChI is InChI=1S/C8H14N4/c1-2-12-8(10-6-11-12)7-4-3-5-9-7/h6-7,9H,2-5H2,1H3/t7-/m0/s1. The van der Waals surface area contributed by atoms with Crippen LogP contribution in [0.15, 0.2) is 6.33 Å². The molecule has 0 bridgehead atoms. The fourth-order valence-electron chi connectivity index (χ4n) is 1.69. The molecule has 4 nitrogen and oxygen atoms in total. The van der Waals surface area contributed by atoms with E-state index in [1.807, 2.05) is 4.68 Å². The normalized spacial score (nSPS) is 23.2. The SMILES string of the molecule is CCn1ncnc1[C@@H]1CCCN1. The Balaban J connectivity index is 2.19. The summed E-state index contributed by atoms with van der Waals surface area (Å²) in [5.74, 6) is 1.09. The molecule has 1 fully saturated rings. The summed E-state index contributed by atoms with van der Waals surface area (Å²) in [6, 6.07) is 0.437. The second-order valence-corrected chi connectivity index (χ2v) is 3.08. The Hall–Kier alpha value is -0.900. The van der Waals surface area contributed by atoms with E-state index in [4.69, 9.17) is 0 Å². The Kier molecular flexibility index (Phi) is 2.08. The van der Waals surface area contributed by atoms with Crippen LogP contribution in [-0.4, -0.2) is 21.3 Å². The highest BCUT2D eigenvalue weighted by molar-refractivity contribution is 4.96. The summed E-state index contributed by atoms with van der Waals surface area (Å²) in [6.45, 7) is 4.11. The zero-order chi connectivity index (χ0) is 8.39. The van der Waals surface area contributed by atoms with Crippen LogP contribution >= 0.6 is 0 Å². The second kappa shape index (κ2) is 3.23.